The van der Waals surface area contributed by atoms with Gasteiger partial charge in [-0.2, -0.15) is 0 Å². The SMILES string of the molecule is O=C(NC1c2cccc(O)c2CC1C(=O)O)c1ccc(Cl)[nH]1. The fraction of sp³-hybridized carbons (Fsp3) is 0.200. The topological polar surface area (TPSA) is 102 Å². The van der Waals surface area contributed by atoms with Gasteiger partial charge in [0.15, 0.2) is 0 Å². The molecule has 0 radical (unpaired) electrons. The van der Waals surface area contributed by atoms with Crippen molar-refractivity contribution in [1.29, 1.82) is 0 Å². The largest absolute Gasteiger partial charge is 0.508 e. The standard InChI is InChI=1S/C15H13ClN2O4/c16-12-5-4-10(17-12)14(20)18-13-7-2-1-3-11(19)8(7)6-9(13)15(21)22/h1-5,9,13,17,19H,6H2,(H,18,20)(H,21,22). The molecule has 0 spiro atoms. The van der Waals surface area contributed by atoms with Gasteiger partial charge >= 0.3 is 5.97 Å². The van der Waals surface area contributed by atoms with Crippen LogP contribution in [-0.2, 0) is 11.2 Å². The summed E-state index contributed by atoms with van der Waals surface area (Å²) < 4.78 is 0. The maximum Gasteiger partial charge on any atom is 0.309 e. The monoisotopic (exact) mass is 320 g/mol. The predicted octanol–water partition coefficient (Wildman–Crippen LogP) is 2.10. The highest BCUT2D eigenvalue weighted by Crippen LogP contribution is 2.40. The zero-order valence-electron chi connectivity index (χ0n) is 11.3. The minimum Gasteiger partial charge on any atom is -0.508 e. The smallest absolute Gasteiger partial charge is 0.309 e. The van der Waals surface area contributed by atoms with Gasteiger partial charge in [-0.15, -0.1) is 0 Å². The van der Waals surface area contributed by atoms with Crippen LogP contribution in [0.4, 0.5) is 0 Å². The lowest BCUT2D eigenvalue weighted by atomic mass is 10.0. The van der Waals surface area contributed by atoms with Crippen LogP contribution in [0, 0.1) is 5.92 Å². The molecule has 1 aliphatic carbocycles. The molecule has 22 heavy (non-hydrogen) atoms. The van der Waals surface area contributed by atoms with Crippen LogP contribution in [0.5, 0.6) is 5.75 Å². The van der Waals surface area contributed by atoms with Crippen molar-refractivity contribution in [1.82, 2.24) is 10.3 Å². The number of aromatic hydroxyl groups is 1. The summed E-state index contributed by atoms with van der Waals surface area (Å²) in [6.45, 7) is 0. The number of rotatable bonds is 3. The number of hydrogen-bond acceptors (Lipinski definition) is 3. The molecular weight excluding hydrogens is 308 g/mol. The van der Waals surface area contributed by atoms with E-state index in [0.717, 1.165) is 0 Å². The Bertz CT molecular complexity index is 756. The van der Waals surface area contributed by atoms with E-state index in [1.807, 2.05) is 0 Å². The van der Waals surface area contributed by atoms with Gasteiger partial charge < -0.3 is 20.5 Å². The number of benzene rings is 1. The van der Waals surface area contributed by atoms with Gasteiger partial charge in [0.05, 0.1) is 12.0 Å². The normalized spacial score (nSPS) is 19.7. The van der Waals surface area contributed by atoms with Crippen LogP contribution >= 0.6 is 11.6 Å². The Kier molecular flexibility index (Phi) is 3.54. The van der Waals surface area contributed by atoms with Crippen molar-refractivity contribution in [3.8, 4) is 5.75 Å². The first-order chi connectivity index (χ1) is 10.5. The molecule has 1 amide bonds. The van der Waals surface area contributed by atoms with Gasteiger partial charge in [0, 0.05) is 5.56 Å². The molecule has 0 bridgehead atoms. The van der Waals surface area contributed by atoms with Gasteiger partial charge in [-0.25, -0.2) is 0 Å². The number of fused-ring (bicyclic) bond motifs is 1. The third-order valence-corrected chi connectivity index (χ3v) is 4.07. The summed E-state index contributed by atoms with van der Waals surface area (Å²) in [6, 6.07) is 7.21. The molecule has 7 heteroatoms. The van der Waals surface area contributed by atoms with E-state index in [1.165, 1.54) is 12.1 Å². The van der Waals surface area contributed by atoms with Gasteiger partial charge in [-0.1, -0.05) is 23.7 Å². The number of carboxylic acid groups (broad SMARTS) is 1. The predicted molar refractivity (Wildman–Crippen MR) is 78.9 cm³/mol. The van der Waals surface area contributed by atoms with Gasteiger partial charge in [-0.3, -0.25) is 9.59 Å². The number of carbonyl (C=O) groups excluding carboxylic acids is 1. The molecule has 114 valence electrons. The highest BCUT2D eigenvalue weighted by atomic mass is 35.5. The third-order valence-electron chi connectivity index (χ3n) is 3.85. The zero-order chi connectivity index (χ0) is 15.9. The number of aromatic amines is 1. The molecule has 0 aliphatic heterocycles. The van der Waals surface area contributed by atoms with Gasteiger partial charge in [0.25, 0.3) is 5.91 Å². The number of phenols is 1. The molecule has 2 unspecified atom stereocenters. The Morgan fingerprint density at radius 2 is 2.05 bits per heavy atom. The first kappa shape index (κ1) is 14.5. The van der Waals surface area contributed by atoms with Crippen molar-refractivity contribution in [3.05, 3.63) is 52.3 Å². The summed E-state index contributed by atoms with van der Waals surface area (Å²) in [5.74, 6) is -2.24. The van der Waals surface area contributed by atoms with Crippen molar-refractivity contribution in [3.63, 3.8) is 0 Å². The highest BCUT2D eigenvalue weighted by Gasteiger charge is 2.39. The minimum atomic E-state index is -1.02. The maximum atomic E-state index is 12.2. The molecule has 1 aromatic carbocycles. The second kappa shape index (κ2) is 5.38. The Balaban J connectivity index is 1.92. The van der Waals surface area contributed by atoms with Gasteiger partial charge in [-0.05, 0) is 30.2 Å². The number of amides is 1. The first-order valence-corrected chi connectivity index (χ1v) is 7.04. The van der Waals surface area contributed by atoms with E-state index in [-0.39, 0.29) is 17.9 Å². The summed E-state index contributed by atoms with van der Waals surface area (Å²) in [6.07, 6.45) is 0.174. The molecule has 2 atom stereocenters. The molecule has 1 aliphatic rings. The van der Waals surface area contributed by atoms with Crippen LogP contribution < -0.4 is 5.32 Å². The highest BCUT2D eigenvalue weighted by molar-refractivity contribution is 6.29. The number of aliphatic carboxylic acids is 1. The van der Waals surface area contributed by atoms with Crippen LogP contribution in [0.15, 0.2) is 30.3 Å². The summed E-state index contributed by atoms with van der Waals surface area (Å²) in [7, 11) is 0. The fourth-order valence-electron chi connectivity index (χ4n) is 2.79. The number of phenolic OH excluding ortho intramolecular Hbond substituents is 1. The fourth-order valence-corrected chi connectivity index (χ4v) is 2.95. The summed E-state index contributed by atoms with van der Waals surface area (Å²) in [4.78, 5) is 26.4. The lowest BCUT2D eigenvalue weighted by Gasteiger charge is -2.18. The number of aromatic nitrogens is 1. The molecule has 1 heterocycles. The van der Waals surface area contributed by atoms with E-state index in [9.17, 15) is 19.8 Å². The van der Waals surface area contributed by atoms with Crippen molar-refractivity contribution in [2.75, 3.05) is 0 Å². The second-order valence-corrected chi connectivity index (χ2v) is 5.57. The van der Waals surface area contributed by atoms with Crippen LogP contribution in [-0.4, -0.2) is 27.1 Å². The first-order valence-electron chi connectivity index (χ1n) is 6.66. The van der Waals surface area contributed by atoms with E-state index < -0.39 is 23.8 Å². The summed E-state index contributed by atoms with van der Waals surface area (Å²) >= 11 is 5.74. The minimum absolute atomic E-state index is 0.0448. The van der Waals surface area contributed by atoms with E-state index in [4.69, 9.17) is 11.6 Å². The molecular formula is C15H13ClN2O4. The Hall–Kier alpha value is -2.47. The van der Waals surface area contributed by atoms with E-state index in [1.54, 1.807) is 18.2 Å². The third kappa shape index (κ3) is 2.42. The van der Waals surface area contributed by atoms with Crippen molar-refractivity contribution < 1.29 is 19.8 Å². The number of hydrogen-bond donors (Lipinski definition) is 4. The average Bonchev–Trinajstić information content (AvgIpc) is 3.04. The molecule has 1 aromatic heterocycles. The van der Waals surface area contributed by atoms with Gasteiger partial charge in [0.1, 0.15) is 16.6 Å². The van der Waals surface area contributed by atoms with E-state index in [0.29, 0.717) is 16.3 Å². The van der Waals surface area contributed by atoms with Crippen LogP contribution in [0.1, 0.15) is 27.7 Å². The van der Waals surface area contributed by atoms with Crippen molar-refractivity contribution in [2.45, 2.75) is 12.5 Å². The Morgan fingerprint density at radius 3 is 2.68 bits per heavy atom. The lowest BCUT2D eigenvalue weighted by Crippen LogP contribution is -2.34. The molecule has 0 saturated carbocycles. The quantitative estimate of drug-likeness (QED) is 0.695. The van der Waals surface area contributed by atoms with Crippen molar-refractivity contribution in [2.24, 2.45) is 5.92 Å². The average molecular weight is 321 g/mol. The Labute approximate surface area is 130 Å². The zero-order valence-corrected chi connectivity index (χ0v) is 12.1. The van der Waals surface area contributed by atoms with Crippen LogP contribution in [0.3, 0.4) is 0 Å². The van der Waals surface area contributed by atoms with E-state index >= 15 is 0 Å². The second-order valence-electron chi connectivity index (χ2n) is 5.16. The number of nitrogens with one attached hydrogen (secondary N) is 2. The van der Waals surface area contributed by atoms with E-state index in [2.05, 4.69) is 10.3 Å². The molecule has 3 rings (SSSR count). The van der Waals surface area contributed by atoms with Crippen LogP contribution in [0.2, 0.25) is 5.15 Å². The Morgan fingerprint density at radius 1 is 1.27 bits per heavy atom. The molecule has 6 nitrogen and oxygen atoms in total. The molecule has 4 N–H and O–H groups in total. The van der Waals surface area contributed by atoms with Gasteiger partial charge in [0.2, 0.25) is 0 Å². The lowest BCUT2D eigenvalue weighted by molar-refractivity contribution is -0.142. The summed E-state index contributed by atoms with van der Waals surface area (Å²) in [5, 5.41) is 22.3. The molecule has 0 fully saturated rings. The number of halogens is 1. The molecule has 0 saturated heterocycles. The number of H-pyrrole nitrogens is 1. The van der Waals surface area contributed by atoms with Crippen LogP contribution in [0.25, 0.3) is 0 Å². The number of carboxylic acids is 1. The summed E-state index contributed by atoms with van der Waals surface area (Å²) in [5.41, 5.74) is 1.44. The maximum absolute atomic E-state index is 12.2. The van der Waals surface area contributed by atoms with Crippen molar-refractivity contribution >= 4 is 23.5 Å². The number of carbonyl (C=O) groups is 2. The molecule has 2 aromatic rings.